The molecule has 0 bridgehead atoms. The highest BCUT2D eigenvalue weighted by Gasteiger charge is 2.22. The third kappa shape index (κ3) is 4.41. The smallest absolute Gasteiger partial charge is 0.268 e. The maximum Gasteiger partial charge on any atom is 0.268 e. The number of morpholine rings is 1. The molecule has 182 valence electrons. The van der Waals surface area contributed by atoms with Crippen molar-refractivity contribution in [3.63, 3.8) is 0 Å². The fraction of sp³-hybridized carbons (Fsp3) is 0.385. The predicted molar refractivity (Wildman–Crippen MR) is 137 cm³/mol. The lowest BCUT2D eigenvalue weighted by Crippen LogP contribution is -2.41. The van der Waals surface area contributed by atoms with E-state index in [1.54, 1.807) is 9.30 Å². The van der Waals surface area contributed by atoms with Crippen LogP contribution in [-0.2, 0) is 16.0 Å². The van der Waals surface area contributed by atoms with Gasteiger partial charge in [-0.15, -0.1) is 11.3 Å². The molecule has 1 amide bonds. The fourth-order valence-corrected chi connectivity index (χ4v) is 5.39. The molecule has 1 saturated heterocycles. The van der Waals surface area contributed by atoms with E-state index in [4.69, 9.17) is 9.84 Å². The fourth-order valence-electron chi connectivity index (χ4n) is 4.46. The normalized spacial score (nSPS) is 14.3. The monoisotopic (exact) mass is 491 g/mol. The summed E-state index contributed by atoms with van der Waals surface area (Å²) in [5, 5.41) is 6.63. The van der Waals surface area contributed by atoms with Crippen LogP contribution in [-0.4, -0.2) is 56.3 Å². The van der Waals surface area contributed by atoms with E-state index in [1.807, 2.05) is 30.0 Å². The molecule has 4 heterocycles. The van der Waals surface area contributed by atoms with Crippen LogP contribution in [0.4, 0.5) is 0 Å². The maximum atomic E-state index is 13.7. The number of carbonyl (C=O) groups excluding carboxylic acids is 1. The van der Waals surface area contributed by atoms with E-state index in [0.717, 1.165) is 11.4 Å². The van der Waals surface area contributed by atoms with Gasteiger partial charge >= 0.3 is 0 Å². The molecule has 1 aliphatic rings. The van der Waals surface area contributed by atoms with Crippen molar-refractivity contribution in [1.82, 2.24) is 24.1 Å². The van der Waals surface area contributed by atoms with Gasteiger partial charge in [0.05, 0.1) is 36.6 Å². The Morgan fingerprint density at radius 3 is 2.54 bits per heavy atom. The average molecular weight is 492 g/mol. The predicted octanol–water partition coefficient (Wildman–Crippen LogP) is 3.75. The Morgan fingerprint density at radius 1 is 1.14 bits per heavy atom. The largest absolute Gasteiger partial charge is 0.378 e. The number of rotatable bonds is 5. The number of hydrogen-bond acceptors (Lipinski definition) is 6. The summed E-state index contributed by atoms with van der Waals surface area (Å²) in [6.07, 6.45) is 0.153. The van der Waals surface area contributed by atoms with Gasteiger partial charge < -0.3 is 9.64 Å². The first-order valence-corrected chi connectivity index (χ1v) is 12.7. The number of hydrogen-bond donors (Lipinski definition) is 0. The molecule has 0 atom stereocenters. The van der Waals surface area contributed by atoms with E-state index in [9.17, 15) is 9.59 Å². The lowest BCUT2D eigenvalue weighted by atomic mass is 10.0. The standard InChI is InChI=1S/C26H29N5O3S/c1-16(2)19-5-7-20(8-6-19)31-17(3)13-22(28-31)24-18(4)27-26-30(25(24)33)21(15-35-26)14-23(32)29-9-11-34-12-10-29/h5-8,13,15-16H,9-12,14H2,1-4H3. The van der Waals surface area contributed by atoms with E-state index in [0.29, 0.717) is 59.8 Å². The molecule has 5 rings (SSSR count). The summed E-state index contributed by atoms with van der Waals surface area (Å²) in [7, 11) is 0. The van der Waals surface area contributed by atoms with Gasteiger partial charge in [-0.1, -0.05) is 26.0 Å². The number of fused-ring (bicyclic) bond motifs is 1. The summed E-state index contributed by atoms with van der Waals surface area (Å²) >= 11 is 1.37. The molecular formula is C26H29N5O3S. The first kappa shape index (κ1) is 23.4. The number of aromatic nitrogens is 4. The summed E-state index contributed by atoms with van der Waals surface area (Å²) in [5.41, 5.74) is 5.26. The third-order valence-corrected chi connectivity index (χ3v) is 7.34. The van der Waals surface area contributed by atoms with Crippen molar-refractivity contribution < 1.29 is 9.53 Å². The quantitative estimate of drug-likeness (QED) is 0.425. The van der Waals surface area contributed by atoms with E-state index in [1.165, 1.54) is 16.9 Å². The molecule has 3 aromatic heterocycles. The molecular weight excluding hydrogens is 462 g/mol. The highest BCUT2D eigenvalue weighted by Crippen LogP contribution is 2.24. The minimum atomic E-state index is -0.196. The lowest BCUT2D eigenvalue weighted by Gasteiger charge is -2.26. The summed E-state index contributed by atoms with van der Waals surface area (Å²) in [6.45, 7) is 10.4. The van der Waals surface area contributed by atoms with Crippen molar-refractivity contribution >= 4 is 22.2 Å². The van der Waals surface area contributed by atoms with Gasteiger partial charge in [-0.2, -0.15) is 5.10 Å². The Morgan fingerprint density at radius 2 is 1.86 bits per heavy atom. The molecule has 0 saturated carbocycles. The number of nitrogens with zero attached hydrogens (tertiary/aromatic N) is 5. The lowest BCUT2D eigenvalue weighted by molar-refractivity contribution is -0.134. The second kappa shape index (κ2) is 9.39. The van der Waals surface area contributed by atoms with Gasteiger partial charge in [0.1, 0.15) is 5.69 Å². The number of aryl methyl sites for hydroxylation is 2. The second-order valence-corrected chi connectivity index (χ2v) is 10.1. The first-order chi connectivity index (χ1) is 16.8. The molecule has 0 unspecified atom stereocenters. The zero-order chi connectivity index (χ0) is 24.7. The van der Waals surface area contributed by atoms with Gasteiger partial charge in [-0.25, -0.2) is 9.67 Å². The van der Waals surface area contributed by atoms with Crippen molar-refractivity contribution in [2.24, 2.45) is 0 Å². The molecule has 8 nitrogen and oxygen atoms in total. The summed E-state index contributed by atoms with van der Waals surface area (Å²) in [4.78, 5) is 33.6. The van der Waals surface area contributed by atoms with Gasteiger partial charge in [0.25, 0.3) is 5.56 Å². The Labute approximate surface area is 207 Å². The van der Waals surface area contributed by atoms with Gasteiger partial charge in [0.2, 0.25) is 5.91 Å². The minimum Gasteiger partial charge on any atom is -0.378 e. The van der Waals surface area contributed by atoms with Crippen molar-refractivity contribution in [3.8, 4) is 16.9 Å². The molecule has 0 spiro atoms. The second-order valence-electron chi connectivity index (χ2n) is 9.22. The Kier molecular flexibility index (Phi) is 6.29. The topological polar surface area (TPSA) is 81.7 Å². The van der Waals surface area contributed by atoms with E-state index in [2.05, 4.69) is 43.1 Å². The van der Waals surface area contributed by atoms with Crippen LogP contribution in [0.25, 0.3) is 21.9 Å². The van der Waals surface area contributed by atoms with Crippen molar-refractivity contribution in [2.75, 3.05) is 26.3 Å². The molecule has 1 aromatic carbocycles. The van der Waals surface area contributed by atoms with Gasteiger partial charge in [0, 0.05) is 29.9 Å². The van der Waals surface area contributed by atoms with Crippen LogP contribution in [0, 0.1) is 13.8 Å². The molecule has 35 heavy (non-hydrogen) atoms. The number of benzene rings is 1. The van der Waals surface area contributed by atoms with E-state index < -0.39 is 0 Å². The average Bonchev–Trinajstić information content (AvgIpc) is 3.42. The molecule has 4 aromatic rings. The first-order valence-electron chi connectivity index (χ1n) is 11.9. The summed E-state index contributed by atoms with van der Waals surface area (Å²) in [5.74, 6) is 0.445. The van der Waals surface area contributed by atoms with E-state index in [-0.39, 0.29) is 17.9 Å². The van der Waals surface area contributed by atoms with Crippen molar-refractivity contribution in [2.45, 2.75) is 40.0 Å². The SMILES string of the molecule is Cc1nc2scc(CC(=O)N3CCOCC3)n2c(=O)c1-c1cc(C)n(-c2ccc(C(C)C)cc2)n1. The zero-order valence-corrected chi connectivity index (χ0v) is 21.3. The Bertz CT molecular complexity index is 1440. The van der Waals surface area contributed by atoms with Crippen LogP contribution < -0.4 is 5.56 Å². The Hall–Kier alpha value is -3.30. The molecule has 9 heteroatoms. The van der Waals surface area contributed by atoms with Crippen LogP contribution in [0.5, 0.6) is 0 Å². The number of thiazole rings is 1. The van der Waals surface area contributed by atoms with Crippen LogP contribution in [0.2, 0.25) is 0 Å². The number of carbonyl (C=O) groups is 1. The van der Waals surface area contributed by atoms with Crippen molar-refractivity contribution in [3.05, 3.63) is 68.7 Å². The molecule has 0 N–H and O–H groups in total. The minimum absolute atomic E-state index is 0.00741. The Balaban J connectivity index is 1.52. The van der Waals surface area contributed by atoms with Gasteiger partial charge in [-0.05, 0) is 43.5 Å². The molecule has 1 fully saturated rings. The molecule has 0 radical (unpaired) electrons. The number of amides is 1. The van der Waals surface area contributed by atoms with Crippen molar-refractivity contribution in [1.29, 1.82) is 0 Å². The number of ether oxygens (including phenoxy) is 1. The summed E-state index contributed by atoms with van der Waals surface area (Å²) in [6, 6.07) is 10.2. The summed E-state index contributed by atoms with van der Waals surface area (Å²) < 4.78 is 8.76. The van der Waals surface area contributed by atoms with Crippen LogP contribution in [0.1, 0.15) is 42.4 Å². The van der Waals surface area contributed by atoms with E-state index >= 15 is 0 Å². The van der Waals surface area contributed by atoms with Crippen LogP contribution >= 0.6 is 11.3 Å². The molecule has 0 aliphatic carbocycles. The maximum absolute atomic E-state index is 13.7. The van der Waals surface area contributed by atoms with Crippen LogP contribution in [0.15, 0.2) is 40.5 Å². The van der Waals surface area contributed by atoms with Crippen LogP contribution in [0.3, 0.4) is 0 Å². The third-order valence-electron chi connectivity index (χ3n) is 6.47. The van der Waals surface area contributed by atoms with Gasteiger partial charge in [-0.3, -0.25) is 14.0 Å². The zero-order valence-electron chi connectivity index (χ0n) is 20.4. The molecule has 1 aliphatic heterocycles. The van der Waals surface area contributed by atoms with Gasteiger partial charge in [0.15, 0.2) is 4.96 Å². The highest BCUT2D eigenvalue weighted by molar-refractivity contribution is 7.15. The highest BCUT2D eigenvalue weighted by atomic mass is 32.1.